The Labute approximate surface area is 241 Å². The predicted octanol–water partition coefficient (Wildman–Crippen LogP) is 6.10. The van der Waals surface area contributed by atoms with Gasteiger partial charge in [0, 0.05) is 42.2 Å². The van der Waals surface area contributed by atoms with Crippen LogP contribution in [0.5, 0.6) is 11.5 Å². The molecular weight excluding hydrogens is 536 g/mol. The van der Waals surface area contributed by atoms with Crippen molar-refractivity contribution >= 4 is 32.5 Å². The highest BCUT2D eigenvalue weighted by molar-refractivity contribution is 7.89. The molecule has 2 aliphatic rings. The van der Waals surface area contributed by atoms with Crippen molar-refractivity contribution in [3.8, 4) is 11.5 Å². The number of amidine groups is 2. The molecule has 1 aliphatic heterocycles. The number of allylic oxidation sites excluding steroid dienone is 4. The molecule has 0 bridgehead atoms. The fraction of sp³-hybridized carbons (Fsp3) is 0.312. The summed E-state index contributed by atoms with van der Waals surface area (Å²) in [6.45, 7) is 9.70. The fourth-order valence-corrected chi connectivity index (χ4v) is 6.23. The van der Waals surface area contributed by atoms with Gasteiger partial charge in [0.1, 0.15) is 23.2 Å². The van der Waals surface area contributed by atoms with E-state index in [1.807, 2.05) is 31.2 Å². The van der Waals surface area contributed by atoms with Gasteiger partial charge in [-0.2, -0.15) is 0 Å². The van der Waals surface area contributed by atoms with E-state index in [4.69, 9.17) is 20.3 Å². The van der Waals surface area contributed by atoms with Crippen LogP contribution in [0.2, 0.25) is 0 Å². The van der Waals surface area contributed by atoms with Gasteiger partial charge in [0.25, 0.3) is 0 Å². The van der Waals surface area contributed by atoms with E-state index < -0.39 is 10.0 Å². The highest BCUT2D eigenvalue weighted by Crippen LogP contribution is 2.44. The predicted molar refractivity (Wildman–Crippen MR) is 163 cm³/mol. The molecule has 0 amide bonds. The lowest BCUT2D eigenvalue weighted by Gasteiger charge is -2.24. The fourth-order valence-electron chi connectivity index (χ4n) is 5.15. The number of fused-ring (bicyclic) bond motifs is 2. The molecule has 8 nitrogen and oxygen atoms in total. The summed E-state index contributed by atoms with van der Waals surface area (Å²) in [6.07, 6.45) is 8.72. The summed E-state index contributed by atoms with van der Waals surface area (Å²) in [5.74, 6) is 1.45. The minimum atomic E-state index is -3.66. The number of ether oxygens (including phenoxy) is 2. The maximum absolute atomic E-state index is 12.8. The summed E-state index contributed by atoms with van der Waals surface area (Å²) in [4.78, 5) is 0.160. The molecule has 1 aliphatic carbocycles. The molecule has 0 radical (unpaired) electrons. The van der Waals surface area contributed by atoms with E-state index in [2.05, 4.69) is 49.0 Å². The van der Waals surface area contributed by atoms with Crippen LogP contribution in [-0.2, 0) is 20.2 Å². The molecule has 1 heterocycles. The van der Waals surface area contributed by atoms with Crippen molar-refractivity contribution in [3.63, 3.8) is 0 Å². The van der Waals surface area contributed by atoms with Gasteiger partial charge in [-0.25, -0.2) is 13.1 Å². The highest BCUT2D eigenvalue weighted by Gasteiger charge is 2.31. The van der Waals surface area contributed by atoms with Gasteiger partial charge in [0.05, 0.1) is 4.90 Å². The molecule has 0 atom stereocenters. The Bertz CT molecular complexity index is 1670. The van der Waals surface area contributed by atoms with E-state index >= 15 is 0 Å². The van der Waals surface area contributed by atoms with Crippen molar-refractivity contribution in [3.05, 3.63) is 89.0 Å². The first-order valence-electron chi connectivity index (χ1n) is 13.8. The lowest BCUT2D eigenvalue weighted by Crippen LogP contribution is -2.25. The molecule has 5 rings (SSSR count). The zero-order chi connectivity index (χ0) is 29.4. The molecule has 214 valence electrons. The zero-order valence-electron chi connectivity index (χ0n) is 23.8. The Morgan fingerprint density at radius 3 is 2.37 bits per heavy atom. The van der Waals surface area contributed by atoms with Crippen molar-refractivity contribution in [2.45, 2.75) is 50.3 Å². The summed E-state index contributed by atoms with van der Waals surface area (Å²) < 4.78 is 40.0. The van der Waals surface area contributed by atoms with Crippen LogP contribution in [0.1, 0.15) is 62.3 Å². The number of nitrogens with one attached hydrogen (secondary N) is 4. The summed E-state index contributed by atoms with van der Waals surface area (Å²) >= 11 is 0. The van der Waals surface area contributed by atoms with Crippen LogP contribution >= 0.6 is 0 Å². The van der Waals surface area contributed by atoms with Crippen LogP contribution in [0.3, 0.4) is 0 Å². The molecule has 0 aromatic heterocycles. The molecule has 3 aromatic rings. The quantitative estimate of drug-likeness (QED) is 0.219. The van der Waals surface area contributed by atoms with Crippen LogP contribution in [0.25, 0.3) is 10.8 Å². The van der Waals surface area contributed by atoms with E-state index in [0.29, 0.717) is 48.8 Å². The van der Waals surface area contributed by atoms with E-state index in [1.54, 1.807) is 12.1 Å². The zero-order valence-corrected chi connectivity index (χ0v) is 24.6. The highest BCUT2D eigenvalue weighted by atomic mass is 32.2. The van der Waals surface area contributed by atoms with Gasteiger partial charge in [-0.3, -0.25) is 10.8 Å². The standard InChI is InChI=1S/C32H36N4O4S/c1-5-39-16-8-15-35-41(37,38)24-13-11-23(12-14-24)40-26-19-22(32(2,3)4)17-21-18-25-29(31(34)36-30(25)33)28(27(21)26)20-9-6-7-10-20/h6-7,9-14,17-20,35H,5,8,15-16H2,1-4H3,(H3,33,34,36). The Morgan fingerprint density at radius 2 is 1.71 bits per heavy atom. The van der Waals surface area contributed by atoms with Crippen LogP contribution in [0, 0.1) is 10.8 Å². The number of sulfonamides is 1. The molecule has 0 saturated carbocycles. The van der Waals surface area contributed by atoms with Gasteiger partial charge in [-0.15, -0.1) is 0 Å². The van der Waals surface area contributed by atoms with Crippen molar-refractivity contribution in [2.75, 3.05) is 19.8 Å². The lowest BCUT2D eigenvalue weighted by atomic mass is 9.82. The minimum absolute atomic E-state index is 0.0790. The second-order valence-electron chi connectivity index (χ2n) is 11.2. The first-order valence-corrected chi connectivity index (χ1v) is 15.3. The van der Waals surface area contributed by atoms with E-state index in [1.165, 1.54) is 12.1 Å². The number of hydrogen-bond acceptors (Lipinski definition) is 6. The Kier molecular flexibility index (Phi) is 7.87. The number of rotatable bonds is 10. The lowest BCUT2D eigenvalue weighted by molar-refractivity contribution is 0.146. The van der Waals surface area contributed by atoms with Gasteiger partial charge in [-0.05, 0) is 71.7 Å². The summed E-state index contributed by atoms with van der Waals surface area (Å²) in [5.41, 5.74) is 3.20. The van der Waals surface area contributed by atoms with Crippen LogP contribution in [0.4, 0.5) is 0 Å². The van der Waals surface area contributed by atoms with Gasteiger partial charge in [-0.1, -0.05) is 51.1 Å². The van der Waals surface area contributed by atoms with Crippen LogP contribution in [0.15, 0.2) is 71.7 Å². The smallest absolute Gasteiger partial charge is 0.240 e. The molecule has 0 unspecified atom stereocenters. The Morgan fingerprint density at radius 1 is 1.00 bits per heavy atom. The molecule has 41 heavy (non-hydrogen) atoms. The van der Waals surface area contributed by atoms with Crippen molar-refractivity contribution in [1.29, 1.82) is 10.8 Å². The summed E-state index contributed by atoms with van der Waals surface area (Å²) in [5, 5.41) is 21.8. The first-order chi connectivity index (χ1) is 19.5. The number of benzene rings is 3. The maximum Gasteiger partial charge on any atom is 0.240 e. The molecule has 9 heteroatoms. The second kappa shape index (κ2) is 11.2. The Hall–Kier alpha value is -3.79. The van der Waals surface area contributed by atoms with Crippen molar-refractivity contribution < 1.29 is 17.9 Å². The summed E-state index contributed by atoms with van der Waals surface area (Å²) in [6, 6.07) is 12.5. The largest absolute Gasteiger partial charge is 0.457 e. The molecule has 4 N–H and O–H groups in total. The maximum atomic E-state index is 12.8. The molecule has 0 spiro atoms. The third kappa shape index (κ3) is 5.84. The number of hydrogen-bond donors (Lipinski definition) is 4. The third-order valence-corrected chi connectivity index (χ3v) is 8.76. The molecule has 0 saturated heterocycles. The van der Waals surface area contributed by atoms with Crippen molar-refractivity contribution in [2.24, 2.45) is 0 Å². The van der Waals surface area contributed by atoms with Gasteiger partial charge < -0.3 is 14.8 Å². The monoisotopic (exact) mass is 572 g/mol. The molecule has 3 aromatic carbocycles. The van der Waals surface area contributed by atoms with E-state index in [9.17, 15) is 8.42 Å². The normalized spacial score (nSPS) is 15.1. The average molecular weight is 573 g/mol. The van der Waals surface area contributed by atoms with Crippen molar-refractivity contribution in [1.82, 2.24) is 10.0 Å². The van der Waals surface area contributed by atoms with Gasteiger partial charge in [0.15, 0.2) is 0 Å². The van der Waals surface area contributed by atoms with Crippen LogP contribution in [-0.4, -0.2) is 39.8 Å². The SMILES string of the molecule is CCOCCCNS(=O)(=O)c1ccc(Oc2cc(C(C)(C)C)cc3cc4c(c(C5C=CC=C5)c23)C(=N)NC4=N)cc1. The van der Waals surface area contributed by atoms with Gasteiger partial charge in [0.2, 0.25) is 10.0 Å². The van der Waals surface area contributed by atoms with E-state index in [0.717, 1.165) is 21.9 Å². The van der Waals surface area contributed by atoms with E-state index in [-0.39, 0.29) is 27.9 Å². The Balaban J connectivity index is 1.57. The topological polar surface area (TPSA) is 124 Å². The minimum Gasteiger partial charge on any atom is -0.457 e. The summed E-state index contributed by atoms with van der Waals surface area (Å²) in [7, 11) is -3.66. The molecular formula is C32H36N4O4S. The average Bonchev–Trinajstić information content (AvgIpc) is 3.55. The molecule has 0 fully saturated rings. The third-order valence-electron chi connectivity index (χ3n) is 7.28. The first kappa shape index (κ1) is 28.7. The second-order valence-corrected chi connectivity index (χ2v) is 13.0. The van der Waals surface area contributed by atoms with Gasteiger partial charge >= 0.3 is 0 Å². The van der Waals surface area contributed by atoms with Crippen LogP contribution < -0.4 is 14.8 Å².